The summed E-state index contributed by atoms with van der Waals surface area (Å²) >= 11 is 0. The first-order chi connectivity index (χ1) is 9.99. The van der Waals surface area contributed by atoms with Gasteiger partial charge in [-0.25, -0.2) is 9.37 Å². The molecule has 0 saturated carbocycles. The Labute approximate surface area is 121 Å². The number of aromatic nitrogens is 2. The number of carbonyl (C=O) groups is 1. The summed E-state index contributed by atoms with van der Waals surface area (Å²) in [4.78, 5) is 19.7. The van der Waals surface area contributed by atoms with Gasteiger partial charge in [-0.3, -0.25) is 4.79 Å². The van der Waals surface area contributed by atoms with Crippen molar-refractivity contribution in [1.82, 2.24) is 9.97 Å². The predicted molar refractivity (Wildman–Crippen MR) is 73.8 cm³/mol. The van der Waals surface area contributed by atoms with Crippen LogP contribution < -0.4 is 4.74 Å². The van der Waals surface area contributed by atoms with E-state index in [9.17, 15) is 14.3 Å². The monoisotopic (exact) mass is 290 g/mol. The Balaban J connectivity index is 2.35. The zero-order valence-electron chi connectivity index (χ0n) is 11.7. The molecule has 2 aromatic rings. The first-order valence-corrected chi connectivity index (χ1v) is 6.36. The Morgan fingerprint density at radius 1 is 1.38 bits per heavy atom. The van der Waals surface area contributed by atoms with Crippen molar-refractivity contribution in [3.8, 4) is 5.88 Å². The van der Waals surface area contributed by atoms with Gasteiger partial charge in [0.15, 0.2) is 0 Å². The molecular formula is C15H15FN2O3. The Morgan fingerprint density at radius 2 is 2.14 bits per heavy atom. The lowest BCUT2D eigenvalue weighted by Crippen LogP contribution is -2.17. The molecule has 1 N–H and O–H groups in total. The van der Waals surface area contributed by atoms with Crippen LogP contribution in [0.1, 0.15) is 23.0 Å². The number of carboxylic acids is 1. The standard InChI is InChI=1S/C15H15FN2O3/c1-9-17-13(8-14(18-9)21-2)12(15(19)20)7-10-4-3-5-11(16)6-10/h3-6,8,12H,7H2,1-2H3,(H,19,20). The van der Waals surface area contributed by atoms with E-state index in [1.807, 2.05) is 0 Å². The minimum atomic E-state index is -1.03. The SMILES string of the molecule is COc1cc(C(Cc2cccc(F)c2)C(=O)O)nc(C)n1. The number of nitrogens with zero attached hydrogens (tertiary/aromatic N) is 2. The largest absolute Gasteiger partial charge is 0.481 e. The van der Waals surface area contributed by atoms with Crippen LogP contribution in [0.3, 0.4) is 0 Å². The molecule has 2 rings (SSSR count). The van der Waals surface area contributed by atoms with E-state index in [-0.39, 0.29) is 6.42 Å². The molecule has 1 aromatic heterocycles. The molecule has 110 valence electrons. The zero-order valence-corrected chi connectivity index (χ0v) is 11.7. The fraction of sp³-hybridized carbons (Fsp3) is 0.267. The van der Waals surface area contributed by atoms with Crippen molar-refractivity contribution >= 4 is 5.97 Å². The molecular weight excluding hydrogens is 275 g/mol. The number of benzene rings is 1. The van der Waals surface area contributed by atoms with E-state index >= 15 is 0 Å². The van der Waals surface area contributed by atoms with Gasteiger partial charge in [0.25, 0.3) is 0 Å². The maximum Gasteiger partial charge on any atom is 0.312 e. The average Bonchev–Trinajstić information content (AvgIpc) is 2.43. The maximum atomic E-state index is 13.2. The third-order valence-corrected chi connectivity index (χ3v) is 3.03. The highest BCUT2D eigenvalue weighted by Gasteiger charge is 2.23. The zero-order chi connectivity index (χ0) is 15.4. The van der Waals surface area contributed by atoms with Crippen molar-refractivity contribution in [2.45, 2.75) is 19.3 Å². The van der Waals surface area contributed by atoms with Crippen molar-refractivity contribution in [1.29, 1.82) is 0 Å². The normalized spacial score (nSPS) is 12.0. The molecule has 1 aromatic carbocycles. The number of methoxy groups -OCH3 is 1. The number of ether oxygens (including phenoxy) is 1. The molecule has 0 fully saturated rings. The Bertz CT molecular complexity index is 661. The van der Waals surface area contributed by atoms with Gasteiger partial charge in [0.1, 0.15) is 17.6 Å². The molecule has 1 atom stereocenters. The Hall–Kier alpha value is -2.50. The molecule has 5 nitrogen and oxygen atoms in total. The summed E-state index contributed by atoms with van der Waals surface area (Å²) < 4.78 is 18.2. The third-order valence-electron chi connectivity index (χ3n) is 3.03. The Kier molecular flexibility index (Phi) is 4.47. The first-order valence-electron chi connectivity index (χ1n) is 6.36. The number of aryl methyl sites for hydroxylation is 1. The molecule has 0 bridgehead atoms. The van der Waals surface area contributed by atoms with E-state index in [1.165, 1.54) is 25.3 Å². The summed E-state index contributed by atoms with van der Waals surface area (Å²) in [6.07, 6.45) is 0.146. The second-order valence-corrected chi connectivity index (χ2v) is 4.61. The summed E-state index contributed by atoms with van der Waals surface area (Å²) in [5.74, 6) is -1.58. The topological polar surface area (TPSA) is 72.3 Å². The Morgan fingerprint density at radius 3 is 2.76 bits per heavy atom. The second-order valence-electron chi connectivity index (χ2n) is 4.61. The van der Waals surface area contributed by atoms with Crippen LogP contribution in [0.4, 0.5) is 4.39 Å². The van der Waals surface area contributed by atoms with Crippen LogP contribution in [0.15, 0.2) is 30.3 Å². The molecule has 21 heavy (non-hydrogen) atoms. The predicted octanol–water partition coefficient (Wildman–Crippen LogP) is 2.34. The summed E-state index contributed by atoms with van der Waals surface area (Å²) in [5.41, 5.74) is 0.939. The molecule has 6 heteroatoms. The molecule has 1 heterocycles. The fourth-order valence-corrected chi connectivity index (χ4v) is 2.06. The van der Waals surface area contributed by atoms with Crippen molar-refractivity contribution in [2.75, 3.05) is 7.11 Å². The van der Waals surface area contributed by atoms with Crippen LogP contribution >= 0.6 is 0 Å². The van der Waals surface area contributed by atoms with Gasteiger partial charge in [0.2, 0.25) is 5.88 Å². The summed E-state index contributed by atoms with van der Waals surface area (Å²) in [5, 5.41) is 9.42. The number of hydrogen-bond donors (Lipinski definition) is 1. The number of rotatable bonds is 5. The highest BCUT2D eigenvalue weighted by atomic mass is 19.1. The summed E-state index contributed by atoms with van der Waals surface area (Å²) in [6.45, 7) is 1.66. The quantitative estimate of drug-likeness (QED) is 0.915. The van der Waals surface area contributed by atoms with Crippen LogP contribution in [0.25, 0.3) is 0 Å². The van der Waals surface area contributed by atoms with Gasteiger partial charge in [0, 0.05) is 6.07 Å². The van der Waals surface area contributed by atoms with Crippen LogP contribution in [0.2, 0.25) is 0 Å². The van der Waals surface area contributed by atoms with Crippen molar-refractivity contribution in [2.24, 2.45) is 0 Å². The lowest BCUT2D eigenvalue weighted by atomic mass is 9.96. The summed E-state index contributed by atoms with van der Waals surface area (Å²) in [6, 6.07) is 7.36. The highest BCUT2D eigenvalue weighted by Crippen LogP contribution is 2.23. The van der Waals surface area contributed by atoms with Crippen molar-refractivity contribution in [3.05, 3.63) is 53.2 Å². The molecule has 0 radical (unpaired) electrons. The van der Waals surface area contributed by atoms with Crippen LogP contribution in [-0.4, -0.2) is 28.2 Å². The highest BCUT2D eigenvalue weighted by molar-refractivity contribution is 5.76. The van der Waals surface area contributed by atoms with E-state index in [0.717, 1.165) is 0 Å². The lowest BCUT2D eigenvalue weighted by Gasteiger charge is -2.13. The number of hydrogen-bond acceptors (Lipinski definition) is 4. The van der Waals surface area contributed by atoms with Gasteiger partial charge in [0.05, 0.1) is 12.8 Å². The molecule has 1 unspecified atom stereocenters. The van der Waals surface area contributed by atoms with E-state index in [0.29, 0.717) is 23.0 Å². The number of aliphatic carboxylic acids is 1. The van der Waals surface area contributed by atoms with Gasteiger partial charge in [-0.05, 0) is 31.0 Å². The third kappa shape index (κ3) is 3.75. The maximum absolute atomic E-state index is 13.2. The molecule has 0 amide bonds. The van der Waals surface area contributed by atoms with Crippen LogP contribution in [0, 0.1) is 12.7 Å². The van der Waals surface area contributed by atoms with Crippen LogP contribution in [0.5, 0.6) is 5.88 Å². The fourth-order valence-electron chi connectivity index (χ4n) is 2.06. The van der Waals surface area contributed by atoms with Crippen LogP contribution in [-0.2, 0) is 11.2 Å². The lowest BCUT2D eigenvalue weighted by molar-refractivity contribution is -0.138. The second kappa shape index (κ2) is 6.30. The minimum absolute atomic E-state index is 0.146. The van der Waals surface area contributed by atoms with Gasteiger partial charge in [-0.1, -0.05) is 12.1 Å². The van der Waals surface area contributed by atoms with Crippen molar-refractivity contribution in [3.63, 3.8) is 0 Å². The van der Waals surface area contributed by atoms with E-state index in [1.54, 1.807) is 19.1 Å². The van der Waals surface area contributed by atoms with Gasteiger partial charge in [-0.15, -0.1) is 0 Å². The number of carboxylic acid groups (broad SMARTS) is 1. The summed E-state index contributed by atoms with van der Waals surface area (Å²) in [7, 11) is 1.45. The van der Waals surface area contributed by atoms with E-state index in [4.69, 9.17) is 4.74 Å². The van der Waals surface area contributed by atoms with Gasteiger partial charge in [-0.2, -0.15) is 4.98 Å². The molecule has 0 saturated heterocycles. The van der Waals surface area contributed by atoms with Crippen molar-refractivity contribution < 1.29 is 19.0 Å². The van der Waals surface area contributed by atoms with Gasteiger partial charge >= 0.3 is 5.97 Å². The van der Waals surface area contributed by atoms with Gasteiger partial charge < -0.3 is 9.84 Å². The van der Waals surface area contributed by atoms with E-state index < -0.39 is 17.7 Å². The molecule has 0 spiro atoms. The smallest absolute Gasteiger partial charge is 0.312 e. The molecule has 0 aliphatic rings. The first kappa shape index (κ1) is 14.9. The average molecular weight is 290 g/mol. The van der Waals surface area contributed by atoms with E-state index in [2.05, 4.69) is 9.97 Å². The minimum Gasteiger partial charge on any atom is -0.481 e. The molecule has 0 aliphatic carbocycles. The molecule has 0 aliphatic heterocycles. The number of halogens is 1.